The van der Waals surface area contributed by atoms with E-state index in [0.29, 0.717) is 6.42 Å². The molecule has 3 rings (SSSR count). The topological polar surface area (TPSA) is 38.0 Å². The fourth-order valence-electron chi connectivity index (χ4n) is 1.82. The maximum absolute atomic E-state index is 10.2. The molecule has 0 bridgehead atoms. The first-order chi connectivity index (χ1) is 8.22. The fourth-order valence-corrected chi connectivity index (χ4v) is 3.93. The van der Waals surface area contributed by atoms with Crippen LogP contribution >= 0.6 is 22.7 Å². The van der Waals surface area contributed by atoms with Crippen molar-refractivity contribution in [3.63, 3.8) is 0 Å². The van der Waals surface area contributed by atoms with Crippen molar-refractivity contribution < 1.29 is 5.11 Å². The van der Waals surface area contributed by atoms with Crippen molar-refractivity contribution in [2.75, 3.05) is 0 Å². The van der Waals surface area contributed by atoms with E-state index in [1.807, 2.05) is 19.3 Å². The summed E-state index contributed by atoms with van der Waals surface area (Å²) >= 11 is 3.38. The normalized spacial score (nSPS) is 13.3. The lowest BCUT2D eigenvalue weighted by Crippen LogP contribution is -2.01. The third kappa shape index (κ3) is 2.13. The molecule has 1 atom stereocenters. The Kier molecular flexibility index (Phi) is 2.74. The second kappa shape index (κ2) is 4.25. The van der Waals surface area contributed by atoms with Crippen molar-refractivity contribution in [3.8, 4) is 0 Å². The second-order valence-corrected chi connectivity index (χ2v) is 6.06. The van der Waals surface area contributed by atoms with E-state index < -0.39 is 6.10 Å². The van der Waals surface area contributed by atoms with Crippen LogP contribution in [0, 0.1) is 0 Å². The smallest absolute Gasteiger partial charge is 0.0938 e. The number of aryl methyl sites for hydroxylation is 1. The number of aromatic nitrogens is 2. The van der Waals surface area contributed by atoms with Gasteiger partial charge in [-0.15, -0.1) is 22.7 Å². The number of rotatable bonds is 3. The summed E-state index contributed by atoms with van der Waals surface area (Å²) < 4.78 is 4.27. The highest BCUT2D eigenvalue weighted by atomic mass is 32.1. The predicted molar refractivity (Wildman–Crippen MR) is 71.6 cm³/mol. The number of aliphatic hydroxyl groups is 1. The summed E-state index contributed by atoms with van der Waals surface area (Å²) in [5.74, 6) is 0. The van der Waals surface area contributed by atoms with Gasteiger partial charge in [0.1, 0.15) is 0 Å². The minimum absolute atomic E-state index is 0.450. The number of aliphatic hydroxyl groups excluding tert-OH is 1. The van der Waals surface area contributed by atoms with Gasteiger partial charge in [-0.1, -0.05) is 0 Å². The zero-order chi connectivity index (χ0) is 11.8. The van der Waals surface area contributed by atoms with Crippen molar-refractivity contribution in [1.29, 1.82) is 0 Å². The third-order valence-electron chi connectivity index (χ3n) is 2.66. The molecule has 3 nitrogen and oxygen atoms in total. The van der Waals surface area contributed by atoms with Crippen LogP contribution in [0.4, 0.5) is 0 Å². The molecule has 3 aromatic rings. The molecule has 3 heterocycles. The quantitative estimate of drug-likeness (QED) is 0.789. The number of hydrogen-bond donors (Lipinski definition) is 1. The standard InChI is InChI=1S/C12H12N2OS2/c1-14-4-2-8(13-14)6-9(15)11-7-12-10(17-11)3-5-16-12/h2-5,7,9,15H,6H2,1H3. The van der Waals surface area contributed by atoms with Gasteiger partial charge in [-0.2, -0.15) is 5.10 Å². The molecule has 1 N–H and O–H groups in total. The first-order valence-corrected chi connectivity index (χ1v) is 7.05. The van der Waals surface area contributed by atoms with Crippen molar-refractivity contribution in [3.05, 3.63) is 40.3 Å². The molecule has 0 spiro atoms. The van der Waals surface area contributed by atoms with E-state index in [-0.39, 0.29) is 0 Å². The van der Waals surface area contributed by atoms with Crippen LogP contribution in [0.15, 0.2) is 29.8 Å². The molecular weight excluding hydrogens is 252 g/mol. The summed E-state index contributed by atoms with van der Waals surface area (Å²) in [4.78, 5) is 1.03. The largest absolute Gasteiger partial charge is 0.387 e. The highest BCUT2D eigenvalue weighted by Gasteiger charge is 2.14. The zero-order valence-corrected chi connectivity index (χ0v) is 11.0. The van der Waals surface area contributed by atoms with E-state index in [2.05, 4.69) is 22.6 Å². The Morgan fingerprint density at radius 2 is 2.29 bits per heavy atom. The molecule has 0 fully saturated rings. The minimum atomic E-state index is -0.450. The van der Waals surface area contributed by atoms with E-state index >= 15 is 0 Å². The van der Waals surface area contributed by atoms with Gasteiger partial charge >= 0.3 is 0 Å². The number of hydrogen-bond acceptors (Lipinski definition) is 4. The molecule has 0 saturated carbocycles. The average Bonchev–Trinajstić information content (AvgIpc) is 2.92. The highest BCUT2D eigenvalue weighted by molar-refractivity contribution is 7.26. The Balaban J connectivity index is 1.82. The van der Waals surface area contributed by atoms with Gasteiger partial charge in [0, 0.05) is 33.9 Å². The number of fused-ring (bicyclic) bond motifs is 1. The maximum Gasteiger partial charge on any atom is 0.0938 e. The molecule has 0 aliphatic heterocycles. The average molecular weight is 264 g/mol. The minimum Gasteiger partial charge on any atom is -0.387 e. The SMILES string of the molecule is Cn1ccc(CC(O)c2cc3sccc3s2)n1. The van der Waals surface area contributed by atoms with Gasteiger partial charge in [0.2, 0.25) is 0 Å². The van der Waals surface area contributed by atoms with Gasteiger partial charge in [0.25, 0.3) is 0 Å². The fraction of sp³-hybridized carbons (Fsp3) is 0.250. The summed E-state index contributed by atoms with van der Waals surface area (Å²) in [6.07, 6.45) is 2.03. The van der Waals surface area contributed by atoms with Crippen LogP contribution in [-0.2, 0) is 13.5 Å². The van der Waals surface area contributed by atoms with E-state index in [9.17, 15) is 5.11 Å². The zero-order valence-electron chi connectivity index (χ0n) is 9.33. The van der Waals surface area contributed by atoms with E-state index in [1.165, 1.54) is 9.40 Å². The lowest BCUT2D eigenvalue weighted by Gasteiger charge is -2.05. The number of nitrogens with zero attached hydrogens (tertiary/aromatic N) is 2. The van der Waals surface area contributed by atoms with Crippen LogP contribution in [0.3, 0.4) is 0 Å². The van der Waals surface area contributed by atoms with Crippen molar-refractivity contribution in [2.45, 2.75) is 12.5 Å². The molecule has 0 amide bonds. The van der Waals surface area contributed by atoms with Crippen LogP contribution < -0.4 is 0 Å². The Bertz CT molecular complexity index is 609. The maximum atomic E-state index is 10.2. The Morgan fingerprint density at radius 3 is 3.00 bits per heavy atom. The van der Waals surface area contributed by atoms with Crippen LogP contribution in [-0.4, -0.2) is 14.9 Å². The van der Waals surface area contributed by atoms with Crippen LogP contribution in [0.2, 0.25) is 0 Å². The van der Waals surface area contributed by atoms with Crippen molar-refractivity contribution in [1.82, 2.24) is 9.78 Å². The molecule has 0 aliphatic rings. The highest BCUT2D eigenvalue weighted by Crippen LogP contribution is 2.34. The van der Waals surface area contributed by atoms with E-state index in [1.54, 1.807) is 27.4 Å². The van der Waals surface area contributed by atoms with Gasteiger partial charge in [-0.25, -0.2) is 0 Å². The summed E-state index contributed by atoms with van der Waals surface area (Å²) in [5.41, 5.74) is 0.928. The molecule has 5 heteroatoms. The van der Waals surface area contributed by atoms with Gasteiger partial charge in [-0.05, 0) is 23.6 Å². The monoisotopic (exact) mass is 264 g/mol. The summed E-state index contributed by atoms with van der Waals surface area (Å²) in [6, 6.07) is 6.12. The molecule has 3 aromatic heterocycles. The Hall–Kier alpha value is -1.17. The van der Waals surface area contributed by atoms with Gasteiger partial charge in [0.15, 0.2) is 0 Å². The van der Waals surface area contributed by atoms with Crippen LogP contribution in [0.1, 0.15) is 16.7 Å². The van der Waals surface area contributed by atoms with Crippen LogP contribution in [0.5, 0.6) is 0 Å². The van der Waals surface area contributed by atoms with E-state index in [0.717, 1.165) is 10.6 Å². The van der Waals surface area contributed by atoms with Gasteiger partial charge in [-0.3, -0.25) is 4.68 Å². The molecule has 0 aliphatic carbocycles. The molecule has 1 unspecified atom stereocenters. The number of thiophene rings is 2. The van der Waals surface area contributed by atoms with Crippen molar-refractivity contribution in [2.24, 2.45) is 7.05 Å². The molecule has 88 valence electrons. The molecule has 0 radical (unpaired) electrons. The van der Waals surface area contributed by atoms with Crippen molar-refractivity contribution >= 4 is 32.1 Å². The molecule has 0 aromatic carbocycles. The molecular formula is C12H12N2OS2. The summed E-state index contributed by atoms with van der Waals surface area (Å²) in [6.45, 7) is 0. The first kappa shape index (κ1) is 11.0. The third-order valence-corrected chi connectivity index (χ3v) is 4.85. The van der Waals surface area contributed by atoms with Gasteiger partial charge < -0.3 is 5.11 Å². The lowest BCUT2D eigenvalue weighted by atomic mass is 10.2. The van der Waals surface area contributed by atoms with Crippen LogP contribution in [0.25, 0.3) is 9.40 Å². The van der Waals surface area contributed by atoms with E-state index in [4.69, 9.17) is 0 Å². The Labute approximate surface area is 107 Å². The molecule has 17 heavy (non-hydrogen) atoms. The Morgan fingerprint density at radius 1 is 1.41 bits per heavy atom. The molecule has 0 saturated heterocycles. The first-order valence-electron chi connectivity index (χ1n) is 5.36. The van der Waals surface area contributed by atoms with Gasteiger partial charge in [0.05, 0.1) is 11.8 Å². The summed E-state index contributed by atoms with van der Waals surface area (Å²) in [7, 11) is 1.89. The predicted octanol–water partition coefficient (Wildman–Crippen LogP) is 2.97. The second-order valence-electron chi connectivity index (χ2n) is 4.00. The summed E-state index contributed by atoms with van der Waals surface area (Å²) in [5, 5.41) is 16.5. The lowest BCUT2D eigenvalue weighted by molar-refractivity contribution is 0.181.